The molecule has 1 rings (SSSR count). The molecule has 1 saturated heterocycles. The van der Waals surface area contributed by atoms with E-state index in [2.05, 4.69) is 37.0 Å². The normalized spacial score (nSPS) is 19.5. The fourth-order valence-corrected chi connectivity index (χ4v) is 2.28. The van der Waals surface area contributed by atoms with Crippen molar-refractivity contribution in [2.45, 2.75) is 52.4 Å². The monoisotopic (exact) mass is 221 g/mol. The smallest absolute Gasteiger partial charge is 0.00156 e. The van der Waals surface area contributed by atoms with Gasteiger partial charge in [-0.25, -0.2) is 0 Å². The summed E-state index contributed by atoms with van der Waals surface area (Å²) in [5, 5.41) is 0. The molecule has 1 heterocycles. The number of rotatable bonds is 6. The highest BCUT2D eigenvalue weighted by Crippen LogP contribution is 2.12. The van der Waals surface area contributed by atoms with Gasteiger partial charge in [-0.2, -0.15) is 0 Å². The lowest BCUT2D eigenvalue weighted by molar-refractivity contribution is 0.226. The molecule has 1 nitrogen and oxygen atoms in total. The van der Waals surface area contributed by atoms with Gasteiger partial charge in [0, 0.05) is 0 Å². The van der Waals surface area contributed by atoms with E-state index in [1.807, 2.05) is 0 Å². The fraction of sp³-hybridized carbons (Fsp3) is 0.733. The molecule has 0 amide bonds. The van der Waals surface area contributed by atoms with E-state index in [1.165, 1.54) is 57.3 Å². The van der Waals surface area contributed by atoms with Crippen LogP contribution in [0, 0.1) is 0 Å². The Bertz CT molecular complexity index is 222. The van der Waals surface area contributed by atoms with Gasteiger partial charge in [-0.15, -0.1) is 0 Å². The molecule has 0 aromatic heterocycles. The second-order valence-electron chi connectivity index (χ2n) is 4.68. The van der Waals surface area contributed by atoms with E-state index < -0.39 is 0 Å². The summed E-state index contributed by atoms with van der Waals surface area (Å²) in [6.45, 7) is 8.29. The third-order valence-electron chi connectivity index (χ3n) is 3.33. The molecule has 0 saturated carbocycles. The summed E-state index contributed by atoms with van der Waals surface area (Å²) in [6, 6.07) is 0. The van der Waals surface area contributed by atoms with E-state index in [0.717, 1.165) is 6.42 Å². The van der Waals surface area contributed by atoms with Crippen LogP contribution >= 0.6 is 0 Å². The molecule has 16 heavy (non-hydrogen) atoms. The van der Waals surface area contributed by atoms with E-state index in [-0.39, 0.29) is 0 Å². The summed E-state index contributed by atoms with van der Waals surface area (Å²) in [6.07, 6.45) is 14.8. The average Bonchev–Trinajstić information content (AvgIpc) is 2.35. The lowest BCUT2D eigenvalue weighted by atomic mass is 10.1. The Morgan fingerprint density at radius 1 is 1.19 bits per heavy atom. The predicted molar refractivity (Wildman–Crippen MR) is 72.7 cm³/mol. The zero-order valence-corrected chi connectivity index (χ0v) is 11.0. The number of nitrogens with zero attached hydrogens (tertiary/aromatic N) is 1. The highest BCUT2D eigenvalue weighted by Gasteiger charge is 2.08. The van der Waals surface area contributed by atoms with Crippen molar-refractivity contribution >= 4 is 0 Å². The van der Waals surface area contributed by atoms with E-state index in [9.17, 15) is 0 Å². The Kier molecular flexibility index (Phi) is 7.24. The van der Waals surface area contributed by atoms with E-state index in [0.29, 0.717) is 0 Å². The standard InChI is InChI=1S/C15H27N/c1-3-5-10-15(4-2)11-9-14-16-12-7-6-8-13-16/h4-5,10H,3,6-9,11-14H2,1-2H3/b10-5-,15-4+. The minimum Gasteiger partial charge on any atom is -0.303 e. The van der Waals surface area contributed by atoms with Crippen LogP contribution in [0.1, 0.15) is 52.4 Å². The zero-order valence-electron chi connectivity index (χ0n) is 11.0. The van der Waals surface area contributed by atoms with Crippen molar-refractivity contribution in [2.24, 2.45) is 0 Å². The van der Waals surface area contributed by atoms with Gasteiger partial charge in [-0.05, 0) is 58.7 Å². The van der Waals surface area contributed by atoms with E-state index in [1.54, 1.807) is 0 Å². The van der Waals surface area contributed by atoms with Crippen molar-refractivity contribution in [1.82, 2.24) is 4.90 Å². The van der Waals surface area contributed by atoms with Crippen LogP contribution in [0.5, 0.6) is 0 Å². The zero-order chi connectivity index (χ0) is 11.6. The molecule has 1 aliphatic rings. The third-order valence-corrected chi connectivity index (χ3v) is 3.33. The highest BCUT2D eigenvalue weighted by molar-refractivity contribution is 5.17. The number of hydrogen-bond donors (Lipinski definition) is 0. The van der Waals surface area contributed by atoms with Crippen molar-refractivity contribution in [3.8, 4) is 0 Å². The molecule has 92 valence electrons. The Hall–Kier alpha value is -0.560. The summed E-state index contributed by atoms with van der Waals surface area (Å²) in [7, 11) is 0. The lowest BCUT2D eigenvalue weighted by Gasteiger charge is -2.26. The minimum atomic E-state index is 1.14. The van der Waals surface area contributed by atoms with Gasteiger partial charge in [0.2, 0.25) is 0 Å². The van der Waals surface area contributed by atoms with Crippen LogP contribution in [0.3, 0.4) is 0 Å². The quantitative estimate of drug-likeness (QED) is 0.609. The summed E-state index contributed by atoms with van der Waals surface area (Å²) in [5.41, 5.74) is 1.50. The number of piperidine rings is 1. The second-order valence-corrected chi connectivity index (χ2v) is 4.68. The van der Waals surface area contributed by atoms with Crippen molar-refractivity contribution in [2.75, 3.05) is 19.6 Å². The second kappa shape index (κ2) is 8.58. The molecule has 0 bridgehead atoms. The molecule has 0 unspecified atom stereocenters. The first-order chi connectivity index (χ1) is 7.86. The van der Waals surface area contributed by atoms with E-state index >= 15 is 0 Å². The van der Waals surface area contributed by atoms with Crippen molar-refractivity contribution in [1.29, 1.82) is 0 Å². The van der Waals surface area contributed by atoms with Crippen LogP contribution in [0.15, 0.2) is 23.8 Å². The van der Waals surface area contributed by atoms with Gasteiger partial charge in [-0.1, -0.05) is 37.1 Å². The highest BCUT2D eigenvalue weighted by atomic mass is 15.1. The Morgan fingerprint density at radius 2 is 1.94 bits per heavy atom. The first-order valence-corrected chi connectivity index (χ1v) is 6.91. The van der Waals surface area contributed by atoms with Crippen LogP contribution in [0.2, 0.25) is 0 Å². The largest absolute Gasteiger partial charge is 0.303 e. The molecule has 1 aliphatic heterocycles. The molecule has 1 fully saturated rings. The van der Waals surface area contributed by atoms with E-state index in [4.69, 9.17) is 0 Å². The van der Waals surface area contributed by atoms with Crippen LogP contribution in [-0.4, -0.2) is 24.5 Å². The summed E-state index contributed by atoms with van der Waals surface area (Å²) in [5.74, 6) is 0. The topological polar surface area (TPSA) is 3.24 Å². The van der Waals surface area contributed by atoms with Gasteiger partial charge in [0.15, 0.2) is 0 Å². The van der Waals surface area contributed by atoms with Crippen LogP contribution in [-0.2, 0) is 0 Å². The van der Waals surface area contributed by atoms with Gasteiger partial charge in [0.05, 0.1) is 0 Å². The van der Waals surface area contributed by atoms with Crippen molar-refractivity contribution < 1.29 is 0 Å². The number of likely N-dealkylation sites (tertiary alicyclic amines) is 1. The third kappa shape index (κ3) is 5.50. The molecule has 0 atom stereocenters. The molecule has 0 spiro atoms. The lowest BCUT2D eigenvalue weighted by Crippen LogP contribution is -2.30. The Balaban J connectivity index is 2.15. The van der Waals surface area contributed by atoms with Gasteiger partial charge in [-0.3, -0.25) is 0 Å². The van der Waals surface area contributed by atoms with Crippen LogP contribution in [0.4, 0.5) is 0 Å². The Morgan fingerprint density at radius 3 is 2.56 bits per heavy atom. The number of hydrogen-bond acceptors (Lipinski definition) is 1. The van der Waals surface area contributed by atoms with Crippen LogP contribution < -0.4 is 0 Å². The molecule has 0 aromatic rings. The maximum Gasteiger partial charge on any atom is -0.00156 e. The van der Waals surface area contributed by atoms with Gasteiger partial charge in [0.25, 0.3) is 0 Å². The SMILES string of the molecule is C/C=C(\C=C/CC)CCCN1CCCCC1. The molecular weight excluding hydrogens is 194 g/mol. The summed E-state index contributed by atoms with van der Waals surface area (Å²) < 4.78 is 0. The van der Waals surface area contributed by atoms with Crippen molar-refractivity contribution in [3.63, 3.8) is 0 Å². The summed E-state index contributed by atoms with van der Waals surface area (Å²) >= 11 is 0. The van der Waals surface area contributed by atoms with Crippen LogP contribution in [0.25, 0.3) is 0 Å². The maximum absolute atomic E-state index is 2.63. The molecule has 0 aromatic carbocycles. The molecular formula is C15H27N. The predicted octanol–water partition coefficient (Wildman–Crippen LogP) is 4.17. The molecule has 0 radical (unpaired) electrons. The first-order valence-electron chi connectivity index (χ1n) is 6.91. The fourth-order valence-electron chi connectivity index (χ4n) is 2.28. The van der Waals surface area contributed by atoms with Gasteiger partial charge >= 0.3 is 0 Å². The number of allylic oxidation sites excluding steroid dienone is 4. The molecule has 1 heteroatoms. The Labute approximate surface area is 101 Å². The van der Waals surface area contributed by atoms with Crippen molar-refractivity contribution in [3.05, 3.63) is 23.8 Å². The maximum atomic E-state index is 2.63. The average molecular weight is 221 g/mol. The van der Waals surface area contributed by atoms with Gasteiger partial charge in [0.1, 0.15) is 0 Å². The molecule has 0 N–H and O–H groups in total. The minimum absolute atomic E-state index is 1.14. The van der Waals surface area contributed by atoms with Gasteiger partial charge < -0.3 is 4.90 Å². The molecule has 0 aliphatic carbocycles. The summed E-state index contributed by atoms with van der Waals surface area (Å²) in [4.78, 5) is 2.63. The first kappa shape index (κ1) is 13.5.